The third kappa shape index (κ3) is 3.17. The van der Waals surface area contributed by atoms with Crippen LogP contribution in [0.1, 0.15) is 10.4 Å². The number of carbonyl (C=O) groups excluding carboxylic acids is 1. The second-order valence-electron chi connectivity index (χ2n) is 5.14. The maximum absolute atomic E-state index is 12.9. The fourth-order valence-electron chi connectivity index (χ4n) is 2.41. The Morgan fingerprint density at radius 2 is 1.96 bits per heavy atom. The monoisotopic (exact) mass is 325 g/mol. The number of rotatable bonds is 6. The van der Waals surface area contributed by atoms with Crippen LogP contribution < -0.4 is 4.74 Å². The molecule has 3 rings (SSSR count). The van der Waals surface area contributed by atoms with E-state index in [1.54, 1.807) is 25.3 Å². The number of hydrogen-bond acceptors (Lipinski definition) is 4. The molecule has 122 valence electrons. The van der Waals surface area contributed by atoms with Gasteiger partial charge < -0.3 is 4.74 Å². The first-order valence-corrected chi connectivity index (χ1v) is 7.46. The zero-order valence-electron chi connectivity index (χ0n) is 13.1. The molecule has 6 heteroatoms. The lowest BCUT2D eigenvalue weighted by Crippen LogP contribution is -2.04. The highest BCUT2D eigenvalue weighted by Gasteiger charge is 2.14. The van der Waals surface area contributed by atoms with E-state index in [0.717, 1.165) is 17.6 Å². The van der Waals surface area contributed by atoms with E-state index in [0.29, 0.717) is 22.8 Å². The van der Waals surface area contributed by atoms with Crippen LogP contribution in [0, 0.1) is 0 Å². The molecule has 1 aromatic heterocycles. The van der Waals surface area contributed by atoms with E-state index < -0.39 is 6.67 Å². The predicted octanol–water partition coefficient (Wildman–Crippen LogP) is 3.40. The zero-order valence-corrected chi connectivity index (χ0v) is 13.1. The number of methoxy groups -OCH3 is 1. The number of hydrogen-bond donors (Lipinski definition) is 0. The quantitative estimate of drug-likeness (QED) is 0.652. The molecular formula is C18H16FN3O2. The molecule has 0 aliphatic rings. The molecule has 0 saturated heterocycles. The first kappa shape index (κ1) is 15.9. The number of nitrogens with zero attached hydrogens (tertiary/aromatic N) is 3. The summed E-state index contributed by atoms with van der Waals surface area (Å²) in [6.45, 7) is -0.429. The number of aldehydes is 1. The van der Waals surface area contributed by atoms with E-state index in [9.17, 15) is 9.18 Å². The summed E-state index contributed by atoms with van der Waals surface area (Å²) in [6.07, 6.45) is 0.770. The summed E-state index contributed by atoms with van der Waals surface area (Å²) in [5, 5.41) is 4.38. The molecule has 0 saturated carbocycles. The number of ether oxygens (including phenoxy) is 1. The van der Waals surface area contributed by atoms with Gasteiger partial charge in [-0.05, 0) is 30.3 Å². The van der Waals surface area contributed by atoms with Crippen LogP contribution in [-0.2, 0) is 6.54 Å². The van der Waals surface area contributed by atoms with Crippen molar-refractivity contribution in [3.8, 4) is 28.5 Å². The number of carbonyl (C=O) groups is 1. The largest absolute Gasteiger partial charge is 0.497 e. The number of alkyl halides is 1. The summed E-state index contributed by atoms with van der Waals surface area (Å²) in [5.41, 5.74) is 2.07. The van der Waals surface area contributed by atoms with Gasteiger partial charge in [-0.2, -0.15) is 5.10 Å². The molecule has 1 heterocycles. The normalized spacial score (nSPS) is 10.6. The molecule has 0 fully saturated rings. The highest BCUT2D eigenvalue weighted by molar-refractivity contribution is 5.77. The molecule has 0 spiro atoms. The fraction of sp³-hybridized carbons (Fsp3) is 0.167. The van der Waals surface area contributed by atoms with Crippen molar-refractivity contribution in [1.82, 2.24) is 14.8 Å². The fourth-order valence-corrected chi connectivity index (χ4v) is 2.41. The summed E-state index contributed by atoms with van der Waals surface area (Å²) < 4.78 is 19.5. The smallest absolute Gasteiger partial charge is 0.181 e. The molecule has 0 aliphatic heterocycles. The zero-order chi connectivity index (χ0) is 16.9. The van der Waals surface area contributed by atoms with Crippen LogP contribution in [0.4, 0.5) is 4.39 Å². The van der Waals surface area contributed by atoms with Crippen LogP contribution in [0.3, 0.4) is 0 Å². The Hall–Kier alpha value is -3.02. The Bertz CT molecular complexity index is 844. The first-order valence-electron chi connectivity index (χ1n) is 7.46. The van der Waals surface area contributed by atoms with Crippen molar-refractivity contribution in [2.75, 3.05) is 13.8 Å². The predicted molar refractivity (Wildman–Crippen MR) is 88.8 cm³/mol. The molecule has 2 aromatic carbocycles. The lowest BCUT2D eigenvalue weighted by Gasteiger charge is -2.04. The van der Waals surface area contributed by atoms with Crippen molar-refractivity contribution in [2.24, 2.45) is 0 Å². The minimum atomic E-state index is -0.541. The van der Waals surface area contributed by atoms with Crippen molar-refractivity contribution >= 4 is 6.29 Å². The van der Waals surface area contributed by atoms with E-state index in [1.807, 2.05) is 30.3 Å². The van der Waals surface area contributed by atoms with Crippen molar-refractivity contribution in [2.45, 2.75) is 6.54 Å². The minimum absolute atomic E-state index is 0.113. The van der Waals surface area contributed by atoms with E-state index in [-0.39, 0.29) is 6.54 Å². The number of benzene rings is 2. The maximum atomic E-state index is 12.9. The van der Waals surface area contributed by atoms with E-state index >= 15 is 0 Å². The van der Waals surface area contributed by atoms with Crippen LogP contribution in [0.15, 0.2) is 48.5 Å². The third-order valence-electron chi connectivity index (χ3n) is 3.60. The van der Waals surface area contributed by atoms with Crippen molar-refractivity contribution < 1.29 is 13.9 Å². The van der Waals surface area contributed by atoms with Crippen LogP contribution in [0.5, 0.6) is 5.75 Å². The molecular weight excluding hydrogens is 309 g/mol. The molecule has 0 amide bonds. The van der Waals surface area contributed by atoms with Crippen LogP contribution >= 0.6 is 0 Å². The SMILES string of the molecule is COc1ccc(-c2nc(-c3cccc(C=O)c3)nn2CCF)cc1. The van der Waals surface area contributed by atoms with Gasteiger partial charge in [0, 0.05) is 16.7 Å². The van der Waals surface area contributed by atoms with Gasteiger partial charge in [-0.15, -0.1) is 0 Å². The number of aryl methyl sites for hydroxylation is 1. The lowest BCUT2D eigenvalue weighted by atomic mass is 10.1. The summed E-state index contributed by atoms with van der Waals surface area (Å²) in [4.78, 5) is 15.5. The highest BCUT2D eigenvalue weighted by Crippen LogP contribution is 2.24. The third-order valence-corrected chi connectivity index (χ3v) is 3.60. The molecule has 0 atom stereocenters. The van der Waals surface area contributed by atoms with Crippen LogP contribution in [0.2, 0.25) is 0 Å². The summed E-state index contributed by atoms with van der Waals surface area (Å²) in [7, 11) is 1.60. The van der Waals surface area contributed by atoms with E-state index in [4.69, 9.17) is 4.74 Å². The molecule has 0 aliphatic carbocycles. The second-order valence-corrected chi connectivity index (χ2v) is 5.14. The molecule has 0 unspecified atom stereocenters. The van der Waals surface area contributed by atoms with E-state index in [1.165, 1.54) is 4.68 Å². The van der Waals surface area contributed by atoms with E-state index in [2.05, 4.69) is 10.1 Å². The van der Waals surface area contributed by atoms with Gasteiger partial charge in [0.25, 0.3) is 0 Å². The second kappa shape index (κ2) is 7.04. The Morgan fingerprint density at radius 1 is 1.17 bits per heavy atom. The van der Waals surface area contributed by atoms with Gasteiger partial charge in [0.2, 0.25) is 0 Å². The van der Waals surface area contributed by atoms with Gasteiger partial charge in [-0.25, -0.2) is 14.1 Å². The molecule has 24 heavy (non-hydrogen) atoms. The Balaban J connectivity index is 2.04. The Labute approximate surface area is 138 Å². The van der Waals surface area contributed by atoms with Gasteiger partial charge in [0.15, 0.2) is 11.6 Å². The van der Waals surface area contributed by atoms with Gasteiger partial charge in [-0.1, -0.05) is 18.2 Å². The Morgan fingerprint density at radius 3 is 2.62 bits per heavy atom. The Kier molecular flexibility index (Phi) is 4.65. The standard InChI is InChI=1S/C18H16FN3O2/c1-24-16-7-5-14(6-8-16)18-20-17(21-22(18)10-9-19)15-4-2-3-13(11-15)12-23/h2-8,11-12H,9-10H2,1H3. The van der Waals surface area contributed by atoms with Gasteiger partial charge in [0.1, 0.15) is 18.7 Å². The molecule has 5 nitrogen and oxygen atoms in total. The summed E-state index contributed by atoms with van der Waals surface area (Å²) >= 11 is 0. The first-order chi connectivity index (χ1) is 11.7. The lowest BCUT2D eigenvalue weighted by molar-refractivity contribution is 0.112. The minimum Gasteiger partial charge on any atom is -0.497 e. The summed E-state index contributed by atoms with van der Waals surface area (Å²) in [5.74, 6) is 1.76. The van der Waals surface area contributed by atoms with Crippen molar-refractivity contribution in [3.63, 3.8) is 0 Å². The van der Waals surface area contributed by atoms with Crippen LogP contribution in [0.25, 0.3) is 22.8 Å². The average Bonchev–Trinajstić information content (AvgIpc) is 3.06. The number of aromatic nitrogens is 3. The van der Waals surface area contributed by atoms with Gasteiger partial charge in [0.05, 0.1) is 13.7 Å². The molecule has 3 aromatic rings. The number of halogens is 1. The maximum Gasteiger partial charge on any atom is 0.181 e. The van der Waals surface area contributed by atoms with Gasteiger partial charge >= 0.3 is 0 Å². The van der Waals surface area contributed by atoms with Gasteiger partial charge in [-0.3, -0.25) is 4.79 Å². The topological polar surface area (TPSA) is 57.0 Å². The summed E-state index contributed by atoms with van der Waals surface area (Å²) in [6, 6.07) is 14.3. The average molecular weight is 325 g/mol. The molecule has 0 radical (unpaired) electrons. The van der Waals surface area contributed by atoms with Crippen molar-refractivity contribution in [3.05, 3.63) is 54.1 Å². The molecule has 0 N–H and O–H groups in total. The van der Waals surface area contributed by atoms with Crippen molar-refractivity contribution in [1.29, 1.82) is 0 Å². The highest BCUT2D eigenvalue weighted by atomic mass is 19.1. The molecule has 0 bridgehead atoms. The van der Waals surface area contributed by atoms with Crippen LogP contribution in [-0.4, -0.2) is 34.8 Å².